The zero-order chi connectivity index (χ0) is 20.6. The molecule has 1 unspecified atom stereocenters. The molecule has 0 saturated carbocycles. The Kier molecular flexibility index (Phi) is 7.08. The molecular formula is C24H30N4OS. The minimum Gasteiger partial charge on any atom is -0.469 e. The highest BCUT2D eigenvalue weighted by Gasteiger charge is 2.21. The number of aliphatic imine (C=N–C) groups is 1. The van der Waals surface area contributed by atoms with Crippen LogP contribution in [0.25, 0.3) is 0 Å². The van der Waals surface area contributed by atoms with Crippen molar-refractivity contribution in [1.29, 1.82) is 0 Å². The van der Waals surface area contributed by atoms with Gasteiger partial charge in [0.1, 0.15) is 5.76 Å². The molecule has 3 aromatic rings. The zero-order valence-corrected chi connectivity index (χ0v) is 18.3. The van der Waals surface area contributed by atoms with Gasteiger partial charge in [-0.1, -0.05) is 30.3 Å². The second kappa shape index (κ2) is 10.3. The van der Waals surface area contributed by atoms with Gasteiger partial charge < -0.3 is 20.0 Å². The standard InChI is InChI=1S/C24H30N4OS/c1-19(20-7-3-2-4-8-20)26-24(25-14-11-22-9-5-17-29-22)27-21-12-15-28(16-13-21)23-10-6-18-30-23/h2-10,17-19,21H,11-16H2,1H3,(H2,25,26,27). The molecule has 0 amide bonds. The molecule has 0 radical (unpaired) electrons. The Balaban J connectivity index is 1.36. The number of rotatable bonds is 7. The molecule has 30 heavy (non-hydrogen) atoms. The molecule has 1 aromatic carbocycles. The first-order valence-corrected chi connectivity index (χ1v) is 11.6. The van der Waals surface area contributed by atoms with E-state index < -0.39 is 0 Å². The van der Waals surface area contributed by atoms with Gasteiger partial charge in [-0.05, 0) is 55.0 Å². The number of anilines is 1. The number of benzene rings is 1. The molecule has 3 heterocycles. The van der Waals surface area contributed by atoms with Crippen molar-refractivity contribution in [2.45, 2.75) is 38.3 Å². The van der Waals surface area contributed by atoms with Crippen molar-refractivity contribution >= 4 is 22.3 Å². The van der Waals surface area contributed by atoms with E-state index in [1.165, 1.54) is 10.6 Å². The zero-order valence-electron chi connectivity index (χ0n) is 17.5. The monoisotopic (exact) mass is 422 g/mol. The van der Waals surface area contributed by atoms with Crippen LogP contribution in [0.2, 0.25) is 0 Å². The Labute approximate surface area is 182 Å². The van der Waals surface area contributed by atoms with Crippen LogP contribution >= 0.6 is 11.3 Å². The van der Waals surface area contributed by atoms with Crippen LogP contribution in [0.3, 0.4) is 0 Å². The first-order chi connectivity index (χ1) is 14.8. The van der Waals surface area contributed by atoms with Gasteiger partial charge in [-0.25, -0.2) is 0 Å². The number of nitrogens with zero attached hydrogens (tertiary/aromatic N) is 2. The number of piperidine rings is 1. The van der Waals surface area contributed by atoms with E-state index in [0.717, 1.165) is 44.1 Å². The summed E-state index contributed by atoms with van der Waals surface area (Å²) in [7, 11) is 0. The molecule has 158 valence electrons. The van der Waals surface area contributed by atoms with Crippen molar-refractivity contribution in [3.8, 4) is 0 Å². The predicted molar refractivity (Wildman–Crippen MR) is 125 cm³/mol. The first-order valence-electron chi connectivity index (χ1n) is 10.7. The van der Waals surface area contributed by atoms with Crippen molar-refractivity contribution in [3.05, 3.63) is 77.6 Å². The van der Waals surface area contributed by atoms with Gasteiger partial charge >= 0.3 is 0 Å². The van der Waals surface area contributed by atoms with Gasteiger partial charge in [0.05, 0.1) is 17.3 Å². The molecule has 1 atom stereocenters. The Morgan fingerprint density at radius 2 is 1.97 bits per heavy atom. The van der Waals surface area contributed by atoms with Crippen LogP contribution in [0, 0.1) is 0 Å². The summed E-state index contributed by atoms with van der Waals surface area (Å²) in [5.74, 6) is 1.85. The SMILES string of the molecule is CC(NC(=NCCc1ccco1)NC1CCN(c2cccs2)CC1)c1ccccc1. The molecule has 1 aliphatic heterocycles. The molecule has 0 spiro atoms. The molecule has 1 saturated heterocycles. The lowest BCUT2D eigenvalue weighted by Crippen LogP contribution is -2.49. The van der Waals surface area contributed by atoms with Gasteiger partial charge in [-0.3, -0.25) is 4.99 Å². The number of guanidine groups is 1. The Hall–Kier alpha value is -2.73. The molecule has 4 rings (SSSR count). The summed E-state index contributed by atoms with van der Waals surface area (Å²) in [6.45, 7) is 5.02. The minimum atomic E-state index is 0.187. The van der Waals surface area contributed by atoms with E-state index in [0.29, 0.717) is 12.6 Å². The topological polar surface area (TPSA) is 52.8 Å². The average molecular weight is 423 g/mol. The smallest absolute Gasteiger partial charge is 0.191 e. The lowest BCUT2D eigenvalue weighted by atomic mass is 10.1. The number of furan rings is 1. The highest BCUT2D eigenvalue weighted by atomic mass is 32.1. The molecule has 2 N–H and O–H groups in total. The van der Waals surface area contributed by atoms with E-state index in [-0.39, 0.29) is 6.04 Å². The summed E-state index contributed by atoms with van der Waals surface area (Å²) in [4.78, 5) is 7.33. The van der Waals surface area contributed by atoms with Gasteiger partial charge in [-0.2, -0.15) is 0 Å². The first kappa shape index (κ1) is 20.5. The second-order valence-corrected chi connectivity index (χ2v) is 8.62. The quantitative estimate of drug-likeness (QED) is 0.422. The fraction of sp³-hybridized carbons (Fsp3) is 0.375. The van der Waals surface area contributed by atoms with Crippen LogP contribution in [0.1, 0.15) is 37.1 Å². The summed E-state index contributed by atoms with van der Waals surface area (Å²) in [6.07, 6.45) is 4.73. The van der Waals surface area contributed by atoms with Crippen LogP contribution in [-0.4, -0.2) is 31.6 Å². The number of hydrogen-bond donors (Lipinski definition) is 2. The fourth-order valence-corrected chi connectivity index (χ4v) is 4.57. The lowest BCUT2D eigenvalue weighted by Gasteiger charge is -2.34. The highest BCUT2D eigenvalue weighted by molar-refractivity contribution is 7.14. The summed E-state index contributed by atoms with van der Waals surface area (Å²) in [5.41, 5.74) is 1.26. The molecule has 1 fully saturated rings. The summed E-state index contributed by atoms with van der Waals surface area (Å²) < 4.78 is 5.45. The highest BCUT2D eigenvalue weighted by Crippen LogP contribution is 2.24. The van der Waals surface area contributed by atoms with E-state index in [4.69, 9.17) is 9.41 Å². The molecule has 6 heteroatoms. The van der Waals surface area contributed by atoms with Gasteiger partial charge in [-0.15, -0.1) is 11.3 Å². The maximum absolute atomic E-state index is 5.45. The number of hydrogen-bond acceptors (Lipinski definition) is 4. The molecular weight excluding hydrogens is 392 g/mol. The predicted octanol–water partition coefficient (Wildman–Crippen LogP) is 4.85. The Morgan fingerprint density at radius 1 is 1.13 bits per heavy atom. The Morgan fingerprint density at radius 3 is 2.67 bits per heavy atom. The summed E-state index contributed by atoms with van der Waals surface area (Å²) in [6, 6.07) is 19.4. The van der Waals surface area contributed by atoms with E-state index in [1.54, 1.807) is 6.26 Å². The summed E-state index contributed by atoms with van der Waals surface area (Å²) >= 11 is 1.82. The van der Waals surface area contributed by atoms with Crippen LogP contribution in [0.15, 0.2) is 75.7 Å². The maximum Gasteiger partial charge on any atom is 0.191 e. The van der Waals surface area contributed by atoms with Crippen molar-refractivity contribution < 1.29 is 4.42 Å². The molecule has 2 aromatic heterocycles. The van der Waals surface area contributed by atoms with Crippen molar-refractivity contribution in [2.24, 2.45) is 4.99 Å². The van der Waals surface area contributed by atoms with Gasteiger partial charge in [0, 0.05) is 32.1 Å². The van der Waals surface area contributed by atoms with E-state index in [2.05, 4.69) is 64.2 Å². The maximum atomic E-state index is 5.45. The van der Waals surface area contributed by atoms with Crippen LogP contribution in [-0.2, 0) is 6.42 Å². The van der Waals surface area contributed by atoms with E-state index in [1.807, 2.05) is 29.5 Å². The third kappa shape index (κ3) is 5.66. The van der Waals surface area contributed by atoms with Gasteiger partial charge in [0.25, 0.3) is 0 Å². The average Bonchev–Trinajstić information content (AvgIpc) is 3.49. The van der Waals surface area contributed by atoms with Crippen molar-refractivity contribution in [1.82, 2.24) is 10.6 Å². The molecule has 0 aliphatic carbocycles. The second-order valence-electron chi connectivity index (χ2n) is 7.69. The lowest BCUT2D eigenvalue weighted by molar-refractivity contribution is 0.459. The summed E-state index contributed by atoms with van der Waals surface area (Å²) in [5, 5.41) is 10.8. The Bertz CT molecular complexity index is 885. The molecule has 1 aliphatic rings. The number of nitrogens with one attached hydrogen (secondary N) is 2. The minimum absolute atomic E-state index is 0.187. The van der Waals surface area contributed by atoms with Crippen molar-refractivity contribution in [3.63, 3.8) is 0 Å². The van der Waals surface area contributed by atoms with Gasteiger partial charge in [0.15, 0.2) is 5.96 Å². The van der Waals surface area contributed by atoms with Gasteiger partial charge in [0.2, 0.25) is 0 Å². The van der Waals surface area contributed by atoms with Crippen LogP contribution in [0.4, 0.5) is 5.00 Å². The molecule has 0 bridgehead atoms. The van der Waals surface area contributed by atoms with Crippen molar-refractivity contribution in [2.75, 3.05) is 24.5 Å². The van der Waals surface area contributed by atoms with E-state index in [9.17, 15) is 0 Å². The van der Waals surface area contributed by atoms with E-state index >= 15 is 0 Å². The largest absolute Gasteiger partial charge is 0.469 e. The number of thiophene rings is 1. The molecule has 5 nitrogen and oxygen atoms in total. The van der Waals surface area contributed by atoms with Crippen LogP contribution in [0.5, 0.6) is 0 Å². The van der Waals surface area contributed by atoms with Crippen LogP contribution < -0.4 is 15.5 Å². The third-order valence-corrected chi connectivity index (χ3v) is 6.44. The normalized spacial score (nSPS) is 16.4. The fourth-order valence-electron chi connectivity index (χ4n) is 3.78. The third-order valence-electron chi connectivity index (χ3n) is 5.51.